The first-order chi connectivity index (χ1) is 7.08. The Balaban J connectivity index is 0.000000151. The number of aromatic nitrogens is 3. The number of hydrogen-bond acceptors (Lipinski definition) is 5. The molecule has 0 atom stereocenters. The van der Waals surface area contributed by atoms with Gasteiger partial charge in [0.25, 0.3) is 0 Å². The lowest BCUT2D eigenvalue weighted by Crippen LogP contribution is -2.10. The van der Waals surface area contributed by atoms with Crippen LogP contribution in [0.1, 0.15) is 10.7 Å². The summed E-state index contributed by atoms with van der Waals surface area (Å²) in [5.41, 5.74) is 5.84. The van der Waals surface area contributed by atoms with Crippen molar-refractivity contribution >= 4 is 17.2 Å². The first-order valence-electron chi connectivity index (χ1n) is 4.28. The highest BCUT2D eigenvalue weighted by Gasteiger charge is 1.86. The highest BCUT2D eigenvalue weighted by molar-refractivity contribution is 7.09. The fraction of sp³-hybridized carbons (Fsp3) is 0.222. The zero-order valence-electron chi connectivity index (χ0n) is 8.52. The normalized spacial score (nSPS) is 9.20. The Morgan fingerprint density at radius 2 is 2.13 bits per heavy atom. The number of nitrogen functional groups attached to an aromatic ring is 1. The summed E-state index contributed by atoms with van der Waals surface area (Å²) >= 11 is 1.69. The van der Waals surface area contributed by atoms with E-state index in [1.165, 1.54) is 12.3 Å². The van der Waals surface area contributed by atoms with Crippen LogP contribution >= 0.6 is 11.3 Å². The monoisotopic (exact) mass is 224 g/mol. The van der Waals surface area contributed by atoms with Crippen molar-refractivity contribution in [2.24, 2.45) is 0 Å². The lowest BCUT2D eigenvalue weighted by atomic mass is 10.6. The fourth-order valence-corrected chi connectivity index (χ4v) is 1.45. The molecule has 0 radical (unpaired) electrons. The average Bonchev–Trinajstić information content (AvgIpc) is 2.50. The van der Waals surface area contributed by atoms with E-state index in [9.17, 15) is 4.79 Å². The molecule has 80 valence electrons. The molecule has 5 nitrogen and oxygen atoms in total. The largest absolute Gasteiger partial charge is 0.383 e. The van der Waals surface area contributed by atoms with Gasteiger partial charge in [0.1, 0.15) is 5.82 Å². The third kappa shape index (κ3) is 4.37. The summed E-state index contributed by atoms with van der Waals surface area (Å²) in [5, 5.41) is 3.20. The Morgan fingerprint density at radius 3 is 2.40 bits per heavy atom. The molecule has 0 aliphatic heterocycles. The van der Waals surface area contributed by atoms with Crippen molar-refractivity contribution in [3.05, 3.63) is 38.8 Å². The number of nitrogens with zero attached hydrogens (tertiary/aromatic N) is 2. The van der Waals surface area contributed by atoms with Crippen LogP contribution in [0.5, 0.6) is 0 Å². The van der Waals surface area contributed by atoms with Crippen LogP contribution in [0.15, 0.2) is 22.4 Å². The maximum atomic E-state index is 10.2. The van der Waals surface area contributed by atoms with Gasteiger partial charge in [-0.25, -0.2) is 9.78 Å². The number of anilines is 1. The summed E-state index contributed by atoms with van der Waals surface area (Å²) in [7, 11) is 0. The predicted octanol–water partition coefficient (Wildman–Crippen LogP) is 1.11. The molecule has 15 heavy (non-hydrogen) atoms. The Bertz CT molecular complexity index is 460. The number of aryl methyl sites for hydroxylation is 2. The van der Waals surface area contributed by atoms with E-state index in [0.29, 0.717) is 0 Å². The minimum absolute atomic E-state index is 0.244. The minimum atomic E-state index is -0.412. The summed E-state index contributed by atoms with van der Waals surface area (Å²) in [6.45, 7) is 4.02. The van der Waals surface area contributed by atoms with Crippen molar-refractivity contribution in [3.8, 4) is 0 Å². The van der Waals surface area contributed by atoms with Crippen LogP contribution in [0.2, 0.25) is 0 Å². The molecule has 0 unspecified atom stereocenters. The second-order valence-electron chi connectivity index (χ2n) is 2.83. The average molecular weight is 224 g/mol. The molecule has 2 heterocycles. The Hall–Kier alpha value is -1.69. The molecule has 0 fully saturated rings. The molecule has 0 saturated carbocycles. The lowest BCUT2D eigenvalue weighted by molar-refractivity contribution is 1.08. The van der Waals surface area contributed by atoms with E-state index in [0.717, 1.165) is 10.7 Å². The van der Waals surface area contributed by atoms with Crippen LogP contribution in [0.3, 0.4) is 0 Å². The molecule has 0 saturated heterocycles. The summed E-state index contributed by atoms with van der Waals surface area (Å²) in [5.74, 6) is 0.244. The summed E-state index contributed by atoms with van der Waals surface area (Å²) in [6.07, 6.45) is 1.45. The molecule has 2 aromatic heterocycles. The number of aromatic amines is 1. The molecule has 0 aromatic carbocycles. The molecule has 3 N–H and O–H groups in total. The van der Waals surface area contributed by atoms with Crippen LogP contribution < -0.4 is 11.4 Å². The molecule has 0 aliphatic carbocycles. The topological polar surface area (TPSA) is 84.7 Å². The number of thiazole rings is 1. The standard InChI is InChI=1S/C5H7NS.C4H5N3O/c1-4-3-7-5(2)6-4;5-3-1-2-6-4(8)7-3/h3H,1-2H3;1-2H,(H3,5,6,7,8). The van der Waals surface area contributed by atoms with Crippen molar-refractivity contribution in [2.75, 3.05) is 5.73 Å². The molecule has 0 spiro atoms. The Kier molecular flexibility index (Phi) is 3.99. The number of hydrogen-bond donors (Lipinski definition) is 2. The summed E-state index contributed by atoms with van der Waals surface area (Å²) in [6, 6.07) is 1.52. The quantitative estimate of drug-likeness (QED) is 0.702. The Morgan fingerprint density at radius 1 is 1.40 bits per heavy atom. The van der Waals surface area contributed by atoms with Crippen molar-refractivity contribution in [3.63, 3.8) is 0 Å². The third-order valence-corrected chi connectivity index (χ3v) is 2.32. The number of H-pyrrole nitrogens is 1. The molecule has 6 heteroatoms. The van der Waals surface area contributed by atoms with E-state index < -0.39 is 5.69 Å². The van der Waals surface area contributed by atoms with Gasteiger partial charge >= 0.3 is 5.69 Å². The van der Waals surface area contributed by atoms with Crippen molar-refractivity contribution in [1.82, 2.24) is 15.0 Å². The number of nitrogens with one attached hydrogen (secondary N) is 1. The number of nitrogens with two attached hydrogens (primary N) is 1. The molecule has 2 aromatic rings. The van der Waals surface area contributed by atoms with Gasteiger partial charge in [0.05, 0.1) is 5.01 Å². The second-order valence-corrected chi connectivity index (χ2v) is 3.89. The van der Waals surface area contributed by atoms with Crippen LogP contribution in [-0.4, -0.2) is 15.0 Å². The van der Waals surface area contributed by atoms with Crippen molar-refractivity contribution < 1.29 is 0 Å². The van der Waals surface area contributed by atoms with E-state index in [1.807, 2.05) is 13.8 Å². The maximum absolute atomic E-state index is 10.2. The van der Waals surface area contributed by atoms with Gasteiger partial charge in [0, 0.05) is 17.3 Å². The van der Waals surface area contributed by atoms with Crippen LogP contribution in [0, 0.1) is 13.8 Å². The highest BCUT2D eigenvalue weighted by Crippen LogP contribution is 2.04. The van der Waals surface area contributed by atoms with Crippen molar-refractivity contribution in [2.45, 2.75) is 13.8 Å². The smallest absolute Gasteiger partial charge is 0.346 e. The van der Waals surface area contributed by atoms with E-state index in [4.69, 9.17) is 5.73 Å². The summed E-state index contributed by atoms with van der Waals surface area (Å²) < 4.78 is 0. The number of rotatable bonds is 0. The van der Waals surface area contributed by atoms with Gasteiger partial charge in [0.2, 0.25) is 0 Å². The van der Waals surface area contributed by atoms with Gasteiger partial charge in [-0.3, -0.25) is 0 Å². The SMILES string of the molecule is Cc1csc(C)n1.Nc1cc[nH]c(=O)n1. The van der Waals surface area contributed by atoms with Crippen LogP contribution in [0.4, 0.5) is 5.82 Å². The van der Waals surface area contributed by atoms with Gasteiger partial charge in [-0.05, 0) is 19.9 Å². The van der Waals surface area contributed by atoms with Gasteiger partial charge in [-0.2, -0.15) is 4.98 Å². The molecule has 0 bridgehead atoms. The van der Waals surface area contributed by atoms with E-state index >= 15 is 0 Å². The fourth-order valence-electron chi connectivity index (χ4n) is 0.857. The first kappa shape index (κ1) is 11.4. The predicted molar refractivity (Wildman–Crippen MR) is 60.9 cm³/mol. The van der Waals surface area contributed by atoms with E-state index in [-0.39, 0.29) is 5.82 Å². The van der Waals surface area contributed by atoms with Crippen LogP contribution in [0.25, 0.3) is 0 Å². The highest BCUT2D eigenvalue weighted by atomic mass is 32.1. The zero-order valence-corrected chi connectivity index (χ0v) is 9.34. The maximum Gasteiger partial charge on any atom is 0.346 e. The van der Waals surface area contributed by atoms with Gasteiger partial charge in [0.15, 0.2) is 0 Å². The first-order valence-corrected chi connectivity index (χ1v) is 5.16. The molecule has 0 aliphatic rings. The van der Waals surface area contributed by atoms with Crippen LogP contribution in [-0.2, 0) is 0 Å². The molecular weight excluding hydrogens is 212 g/mol. The lowest BCUT2D eigenvalue weighted by Gasteiger charge is -1.83. The minimum Gasteiger partial charge on any atom is -0.383 e. The second kappa shape index (κ2) is 5.26. The molecular formula is C9H12N4OS. The summed E-state index contributed by atoms with van der Waals surface area (Å²) in [4.78, 5) is 20.0. The van der Waals surface area contributed by atoms with Gasteiger partial charge in [-0.1, -0.05) is 0 Å². The van der Waals surface area contributed by atoms with E-state index in [1.54, 1.807) is 11.3 Å². The Labute approximate surface area is 91.0 Å². The van der Waals surface area contributed by atoms with E-state index in [2.05, 4.69) is 20.3 Å². The van der Waals surface area contributed by atoms with Crippen molar-refractivity contribution in [1.29, 1.82) is 0 Å². The van der Waals surface area contributed by atoms with Gasteiger partial charge < -0.3 is 10.7 Å². The third-order valence-electron chi connectivity index (χ3n) is 1.43. The zero-order chi connectivity index (χ0) is 11.3. The molecule has 2 rings (SSSR count). The molecule has 0 amide bonds. The van der Waals surface area contributed by atoms with Gasteiger partial charge in [-0.15, -0.1) is 11.3 Å².